The number of carbonyl (C=O) groups excluding carboxylic acids is 2. The lowest BCUT2D eigenvalue weighted by atomic mass is 10.1. The standard InChI is InChI=1S/C17H30NO5PSi.C14H20NO7P.C2H6.CH4/c1-25(2,3)14-12-22-17(19)16(18)11-7-8-13-24(20,21)23-15-9-5-4-6-10-15;16-13(17)12(8-4-5-9-23(19,20)21)15-14(18)22-10-11-6-2-1-3-7-11;1-2;/h4-6,9-10,16H,7-8,11-14,18H2,1-3H3,(H,20,21);1-3,6-7,12H,4-5,8-10H2,(H,15,18)(H,16,17)(H2,19,20,21);1-2H3;1H4/t16-;12-;;/m00../s1. The average molecular weight is 779 g/mol. The molecule has 0 bridgehead atoms. The Labute approximate surface area is 304 Å². The van der Waals surface area contributed by atoms with E-state index in [0.717, 1.165) is 11.6 Å². The summed E-state index contributed by atoms with van der Waals surface area (Å²) < 4.78 is 38.0. The van der Waals surface area contributed by atoms with Crippen LogP contribution in [0, 0.1) is 0 Å². The zero-order valence-electron chi connectivity index (χ0n) is 29.7. The van der Waals surface area contributed by atoms with Gasteiger partial charge in [-0.05, 0) is 49.4 Å². The molecule has 292 valence electrons. The quantitative estimate of drug-likeness (QED) is 0.0344. The normalized spacial score (nSPS) is 13.2. The van der Waals surface area contributed by atoms with Gasteiger partial charge >= 0.3 is 33.2 Å². The molecule has 0 fully saturated rings. The zero-order valence-corrected chi connectivity index (χ0v) is 32.5. The van der Waals surface area contributed by atoms with E-state index in [1.807, 2.05) is 19.9 Å². The number of rotatable bonds is 20. The highest BCUT2D eigenvalue weighted by Gasteiger charge is 2.23. The molecule has 0 aliphatic carbocycles. The molecule has 14 nitrogen and oxygen atoms in total. The van der Waals surface area contributed by atoms with Crippen LogP contribution in [0.1, 0.15) is 65.4 Å². The van der Waals surface area contributed by atoms with Gasteiger partial charge < -0.3 is 44.8 Å². The van der Waals surface area contributed by atoms with E-state index in [4.69, 9.17) is 34.6 Å². The summed E-state index contributed by atoms with van der Waals surface area (Å²) in [6, 6.07) is 16.6. The number of carbonyl (C=O) groups is 3. The predicted octanol–water partition coefficient (Wildman–Crippen LogP) is 7.01. The van der Waals surface area contributed by atoms with Crippen LogP contribution in [-0.4, -0.2) is 76.9 Å². The zero-order chi connectivity index (χ0) is 38.2. The molecule has 0 aliphatic rings. The molecule has 0 aromatic heterocycles. The molecule has 51 heavy (non-hydrogen) atoms. The van der Waals surface area contributed by atoms with Gasteiger partial charge in [0.05, 0.1) is 12.8 Å². The molecule has 1 unspecified atom stereocenters. The summed E-state index contributed by atoms with van der Waals surface area (Å²) in [5.41, 5.74) is 6.59. The number of nitrogens with one attached hydrogen (secondary N) is 1. The first-order valence-electron chi connectivity index (χ1n) is 16.6. The van der Waals surface area contributed by atoms with Gasteiger partial charge in [-0.25, -0.2) is 14.2 Å². The van der Waals surface area contributed by atoms with Gasteiger partial charge in [0.2, 0.25) is 0 Å². The molecular weight excluding hydrogens is 718 g/mol. The molecule has 1 amide bonds. The molecule has 0 saturated heterocycles. The Kier molecular flexibility index (Phi) is 26.2. The second kappa shape index (κ2) is 26.7. The first-order chi connectivity index (χ1) is 23.4. The van der Waals surface area contributed by atoms with Gasteiger partial charge in [0.1, 0.15) is 24.4 Å². The van der Waals surface area contributed by atoms with Crippen molar-refractivity contribution < 1.29 is 57.3 Å². The van der Waals surface area contributed by atoms with Crippen molar-refractivity contribution in [1.82, 2.24) is 5.32 Å². The number of esters is 1. The molecule has 0 spiro atoms. The molecule has 0 heterocycles. The molecule has 7 N–H and O–H groups in total. The number of nitrogens with two attached hydrogens (primary N) is 1. The minimum atomic E-state index is -4.08. The molecule has 2 aromatic carbocycles. The Hall–Kier alpha value is -3.03. The lowest BCUT2D eigenvalue weighted by Crippen LogP contribution is -2.41. The van der Waals surface area contributed by atoms with Crippen LogP contribution in [0.5, 0.6) is 5.75 Å². The minimum Gasteiger partial charge on any atom is -0.480 e. The lowest BCUT2D eigenvalue weighted by molar-refractivity contribution is -0.145. The molecule has 17 heteroatoms. The van der Waals surface area contributed by atoms with Crippen LogP contribution in [0.25, 0.3) is 0 Å². The molecule has 0 aliphatic heterocycles. The Balaban J connectivity index is 0. The van der Waals surface area contributed by atoms with Crippen LogP contribution in [-0.2, 0) is 34.8 Å². The molecule has 0 saturated carbocycles. The second-order valence-corrected chi connectivity index (χ2v) is 21.6. The summed E-state index contributed by atoms with van der Waals surface area (Å²) in [4.78, 5) is 61.8. The van der Waals surface area contributed by atoms with Crippen LogP contribution in [0.15, 0.2) is 60.7 Å². The van der Waals surface area contributed by atoms with Gasteiger partial charge in [0, 0.05) is 14.2 Å². The molecule has 2 aromatic rings. The summed E-state index contributed by atoms with van der Waals surface area (Å²) in [7, 11) is -9.00. The van der Waals surface area contributed by atoms with Gasteiger partial charge in [-0.15, -0.1) is 0 Å². The van der Waals surface area contributed by atoms with E-state index in [9.17, 15) is 28.4 Å². The summed E-state index contributed by atoms with van der Waals surface area (Å²) in [5.74, 6) is -1.25. The molecule has 2 rings (SSSR count). The van der Waals surface area contributed by atoms with Crippen molar-refractivity contribution in [3.8, 4) is 5.75 Å². The number of amides is 1. The Bertz CT molecular complexity index is 1340. The number of carboxylic acid groups (broad SMARTS) is 1. The third-order valence-electron chi connectivity index (χ3n) is 6.59. The monoisotopic (exact) mass is 778 g/mol. The van der Waals surface area contributed by atoms with Crippen LogP contribution >= 0.6 is 15.2 Å². The maximum atomic E-state index is 12.0. The van der Waals surface area contributed by atoms with E-state index in [1.165, 1.54) is 0 Å². The Morgan fingerprint density at radius 2 is 1.35 bits per heavy atom. The Morgan fingerprint density at radius 3 is 1.88 bits per heavy atom. The summed E-state index contributed by atoms with van der Waals surface area (Å²) in [6.07, 6.45) is 0.819. The van der Waals surface area contributed by atoms with E-state index in [2.05, 4.69) is 25.0 Å². The SMILES string of the molecule is C.CC.C[Si](C)(C)CCOC(=O)[C@@H](N)CCCCP(=O)(O)Oc1ccccc1.O=C(N[C@@H](CCCCP(=O)(O)O)C(=O)O)OCc1ccccc1. The topological polar surface area (TPSA) is 232 Å². The van der Waals surface area contributed by atoms with Gasteiger partial charge in [-0.2, -0.15) is 0 Å². The van der Waals surface area contributed by atoms with Crippen molar-refractivity contribution in [2.45, 2.75) is 104 Å². The Morgan fingerprint density at radius 1 is 0.824 bits per heavy atom. The van der Waals surface area contributed by atoms with Crippen molar-refractivity contribution in [2.24, 2.45) is 5.73 Å². The van der Waals surface area contributed by atoms with Crippen molar-refractivity contribution in [1.29, 1.82) is 0 Å². The summed E-state index contributed by atoms with van der Waals surface area (Å²) in [6.45, 7) is 11.1. The van der Waals surface area contributed by atoms with Crippen molar-refractivity contribution in [3.05, 3.63) is 66.2 Å². The first kappa shape index (κ1) is 50.1. The number of ether oxygens (including phenoxy) is 2. The number of unbranched alkanes of at least 4 members (excludes halogenated alkanes) is 2. The van der Waals surface area contributed by atoms with E-state index < -0.39 is 53.4 Å². The number of aliphatic carboxylic acids is 1. The largest absolute Gasteiger partial charge is 0.480 e. The van der Waals surface area contributed by atoms with Crippen molar-refractivity contribution in [3.63, 3.8) is 0 Å². The highest BCUT2D eigenvalue weighted by molar-refractivity contribution is 7.53. The fourth-order valence-corrected chi connectivity index (χ4v) is 6.40. The van der Waals surface area contributed by atoms with Crippen LogP contribution in [0.2, 0.25) is 25.7 Å². The van der Waals surface area contributed by atoms with Crippen molar-refractivity contribution >= 4 is 41.3 Å². The third-order valence-corrected chi connectivity index (χ3v) is 10.6. The van der Waals surface area contributed by atoms with Gasteiger partial charge in [-0.1, -0.05) is 102 Å². The second-order valence-electron chi connectivity index (χ2n) is 12.3. The van der Waals surface area contributed by atoms with Crippen LogP contribution in [0.4, 0.5) is 4.79 Å². The van der Waals surface area contributed by atoms with Gasteiger partial charge in [0.25, 0.3) is 0 Å². The average Bonchev–Trinajstić information content (AvgIpc) is 3.04. The number of alkyl carbamates (subject to hydrolysis) is 1. The first-order valence-corrected chi connectivity index (χ1v) is 23.9. The number of benzene rings is 2. The van der Waals surface area contributed by atoms with E-state index in [1.54, 1.807) is 54.6 Å². The number of hydrogen-bond donors (Lipinski definition) is 6. The highest BCUT2D eigenvalue weighted by Crippen LogP contribution is 2.43. The number of para-hydroxylation sites is 1. The van der Waals surface area contributed by atoms with Crippen LogP contribution < -0.4 is 15.6 Å². The third kappa shape index (κ3) is 28.3. The summed E-state index contributed by atoms with van der Waals surface area (Å²) >= 11 is 0. The fraction of sp³-hybridized carbons (Fsp3) is 0.559. The van der Waals surface area contributed by atoms with E-state index in [0.29, 0.717) is 31.6 Å². The predicted molar refractivity (Wildman–Crippen MR) is 203 cm³/mol. The maximum absolute atomic E-state index is 12.0. The molecular formula is C34H60N2O12P2Si. The molecule has 0 radical (unpaired) electrons. The van der Waals surface area contributed by atoms with E-state index in [-0.39, 0.29) is 45.6 Å². The lowest BCUT2D eigenvalue weighted by Gasteiger charge is -2.17. The van der Waals surface area contributed by atoms with Crippen molar-refractivity contribution in [2.75, 3.05) is 18.9 Å². The van der Waals surface area contributed by atoms with E-state index >= 15 is 0 Å². The smallest absolute Gasteiger partial charge is 0.408 e. The van der Waals surface area contributed by atoms with Gasteiger partial charge in [-0.3, -0.25) is 9.36 Å². The fourth-order valence-electron chi connectivity index (χ4n) is 3.88. The highest BCUT2D eigenvalue weighted by atomic mass is 31.2. The summed E-state index contributed by atoms with van der Waals surface area (Å²) in [5, 5.41) is 11.3. The molecule has 3 atom stereocenters. The minimum absolute atomic E-state index is 0. The number of carboxylic acids is 1. The van der Waals surface area contributed by atoms with Crippen LogP contribution in [0.3, 0.4) is 0 Å². The maximum Gasteiger partial charge on any atom is 0.408 e. The van der Waals surface area contributed by atoms with Gasteiger partial charge in [0.15, 0.2) is 0 Å². The number of hydrogen-bond acceptors (Lipinski definition) is 9.